The van der Waals surface area contributed by atoms with Crippen LogP contribution in [0, 0.1) is 0 Å². The number of nitrogens with one attached hydrogen (secondary N) is 1. The molecule has 3 heteroatoms. The number of H-pyrrole nitrogens is 1. The molecular formula is C10H18N2O. The first kappa shape index (κ1) is 10.1. The molecule has 3 nitrogen and oxygen atoms in total. The molecule has 0 aliphatic carbocycles. The fourth-order valence-corrected chi connectivity index (χ4v) is 1.43. The Morgan fingerprint density at radius 2 is 2.23 bits per heavy atom. The second-order valence-corrected chi connectivity index (χ2v) is 3.68. The molecule has 0 aromatic carbocycles. The molecule has 0 saturated carbocycles. The first-order valence-corrected chi connectivity index (χ1v) is 4.95. The van der Waals surface area contributed by atoms with Crippen LogP contribution in [-0.4, -0.2) is 9.55 Å². The van der Waals surface area contributed by atoms with Crippen LogP contribution in [0.3, 0.4) is 0 Å². The van der Waals surface area contributed by atoms with E-state index in [1.165, 1.54) is 0 Å². The predicted octanol–water partition coefficient (Wildman–Crippen LogP) is 2.10. The summed E-state index contributed by atoms with van der Waals surface area (Å²) in [5, 5.41) is 0. The summed E-state index contributed by atoms with van der Waals surface area (Å²) >= 11 is 0. The zero-order chi connectivity index (χ0) is 9.84. The molecule has 0 aliphatic heterocycles. The molecule has 1 N–H and O–H groups in total. The maximum Gasteiger partial charge on any atom is 0.325 e. The van der Waals surface area contributed by atoms with Crippen molar-refractivity contribution in [3.63, 3.8) is 0 Å². The lowest BCUT2D eigenvalue weighted by Gasteiger charge is -2.08. The number of aromatic amines is 1. The highest BCUT2D eigenvalue weighted by Gasteiger charge is 2.08. The van der Waals surface area contributed by atoms with E-state index in [0.29, 0.717) is 5.92 Å². The minimum absolute atomic E-state index is 0.0251. The van der Waals surface area contributed by atoms with Crippen LogP contribution in [0.15, 0.2) is 11.0 Å². The summed E-state index contributed by atoms with van der Waals surface area (Å²) in [5.74, 6) is 0.413. The van der Waals surface area contributed by atoms with E-state index in [2.05, 4.69) is 25.8 Å². The molecule has 0 bridgehead atoms. The van der Waals surface area contributed by atoms with E-state index in [-0.39, 0.29) is 5.69 Å². The molecule has 1 rings (SSSR count). The lowest BCUT2D eigenvalue weighted by atomic mass is 10.1. The molecule has 1 heterocycles. The fraction of sp³-hybridized carbons (Fsp3) is 0.700. The van der Waals surface area contributed by atoms with Gasteiger partial charge in [0, 0.05) is 18.4 Å². The minimum Gasteiger partial charge on any atom is -0.312 e. The highest BCUT2D eigenvalue weighted by molar-refractivity contribution is 5.03. The Labute approximate surface area is 78.8 Å². The van der Waals surface area contributed by atoms with Gasteiger partial charge in [0.1, 0.15) is 0 Å². The third kappa shape index (κ3) is 2.23. The summed E-state index contributed by atoms with van der Waals surface area (Å²) in [7, 11) is 0. The number of hydrogen-bond donors (Lipinski definition) is 1. The second kappa shape index (κ2) is 4.30. The lowest BCUT2D eigenvalue weighted by molar-refractivity contribution is 0.577. The highest BCUT2D eigenvalue weighted by atomic mass is 16.1. The second-order valence-electron chi connectivity index (χ2n) is 3.68. The molecule has 0 aliphatic rings. The van der Waals surface area contributed by atoms with Crippen molar-refractivity contribution < 1.29 is 0 Å². The third-order valence-corrected chi connectivity index (χ3v) is 2.23. The van der Waals surface area contributed by atoms with E-state index < -0.39 is 0 Å². The number of aromatic nitrogens is 2. The van der Waals surface area contributed by atoms with Crippen molar-refractivity contribution in [1.29, 1.82) is 0 Å². The molecular weight excluding hydrogens is 164 g/mol. The molecule has 0 saturated heterocycles. The molecule has 1 aromatic rings. The van der Waals surface area contributed by atoms with Gasteiger partial charge in [0.25, 0.3) is 0 Å². The van der Waals surface area contributed by atoms with Gasteiger partial charge >= 0.3 is 5.69 Å². The van der Waals surface area contributed by atoms with Gasteiger partial charge in [0.15, 0.2) is 0 Å². The van der Waals surface area contributed by atoms with Crippen LogP contribution in [0.1, 0.15) is 45.2 Å². The number of imidazole rings is 1. The third-order valence-electron chi connectivity index (χ3n) is 2.23. The summed E-state index contributed by atoms with van der Waals surface area (Å²) in [6.07, 6.45) is 4.01. The van der Waals surface area contributed by atoms with Gasteiger partial charge in [-0.3, -0.25) is 4.57 Å². The number of hydrogen-bond acceptors (Lipinski definition) is 1. The van der Waals surface area contributed by atoms with Gasteiger partial charge < -0.3 is 4.98 Å². The van der Waals surface area contributed by atoms with E-state index in [4.69, 9.17) is 0 Å². The quantitative estimate of drug-likeness (QED) is 0.760. The van der Waals surface area contributed by atoms with Crippen molar-refractivity contribution in [3.8, 4) is 0 Å². The molecule has 0 spiro atoms. The zero-order valence-corrected chi connectivity index (χ0v) is 8.63. The van der Waals surface area contributed by atoms with Crippen molar-refractivity contribution in [3.05, 3.63) is 22.4 Å². The monoisotopic (exact) mass is 182 g/mol. The van der Waals surface area contributed by atoms with E-state index in [0.717, 1.165) is 25.1 Å². The Balaban J connectivity index is 2.88. The van der Waals surface area contributed by atoms with Gasteiger partial charge in [-0.2, -0.15) is 0 Å². The number of nitrogens with zero attached hydrogens (tertiary/aromatic N) is 1. The molecule has 1 aromatic heterocycles. The van der Waals surface area contributed by atoms with Crippen LogP contribution in [-0.2, 0) is 6.54 Å². The summed E-state index contributed by atoms with van der Waals surface area (Å²) in [6.45, 7) is 7.18. The minimum atomic E-state index is 0.0251. The molecule has 13 heavy (non-hydrogen) atoms. The van der Waals surface area contributed by atoms with Gasteiger partial charge in [-0.05, 0) is 12.3 Å². The largest absolute Gasteiger partial charge is 0.325 e. The van der Waals surface area contributed by atoms with Crippen molar-refractivity contribution in [2.24, 2.45) is 0 Å². The molecule has 0 unspecified atom stereocenters. The molecule has 74 valence electrons. The van der Waals surface area contributed by atoms with Gasteiger partial charge in [-0.15, -0.1) is 0 Å². The Morgan fingerprint density at radius 3 is 2.77 bits per heavy atom. The van der Waals surface area contributed by atoms with Crippen LogP contribution in [0.25, 0.3) is 0 Å². The van der Waals surface area contributed by atoms with Crippen molar-refractivity contribution in [2.75, 3.05) is 0 Å². The Bertz CT molecular complexity index is 309. The smallest absolute Gasteiger partial charge is 0.312 e. The van der Waals surface area contributed by atoms with E-state index in [1.54, 1.807) is 0 Å². The fourth-order valence-electron chi connectivity index (χ4n) is 1.43. The highest BCUT2D eigenvalue weighted by Crippen LogP contribution is 2.11. The van der Waals surface area contributed by atoms with Crippen LogP contribution in [0.5, 0.6) is 0 Å². The molecule has 0 fully saturated rings. The van der Waals surface area contributed by atoms with Crippen molar-refractivity contribution in [2.45, 2.75) is 46.1 Å². The Kier molecular flexibility index (Phi) is 3.34. The van der Waals surface area contributed by atoms with Gasteiger partial charge in [0.2, 0.25) is 0 Å². The predicted molar refractivity (Wildman–Crippen MR) is 54.0 cm³/mol. The van der Waals surface area contributed by atoms with Gasteiger partial charge in [-0.25, -0.2) is 4.79 Å². The van der Waals surface area contributed by atoms with E-state index in [9.17, 15) is 4.79 Å². The average Bonchev–Trinajstić information content (AvgIpc) is 2.43. The van der Waals surface area contributed by atoms with Crippen LogP contribution >= 0.6 is 0 Å². The maximum absolute atomic E-state index is 11.4. The summed E-state index contributed by atoms with van der Waals surface area (Å²) in [5.41, 5.74) is 1.13. The van der Waals surface area contributed by atoms with Gasteiger partial charge in [0.05, 0.1) is 0 Å². The lowest BCUT2D eigenvalue weighted by Crippen LogP contribution is -2.19. The topological polar surface area (TPSA) is 37.8 Å². The number of unbranched alkanes of at least 4 members (excludes halogenated alkanes) is 1. The SMILES string of the molecule is CCCCn1c(C(C)C)c[nH]c1=O. The Hall–Kier alpha value is -0.990. The first-order valence-electron chi connectivity index (χ1n) is 4.95. The van der Waals surface area contributed by atoms with E-state index in [1.807, 2.05) is 10.8 Å². The molecule has 0 radical (unpaired) electrons. The Morgan fingerprint density at radius 1 is 1.54 bits per heavy atom. The molecule has 0 amide bonds. The summed E-state index contributed by atoms with van der Waals surface area (Å²) in [4.78, 5) is 14.1. The average molecular weight is 182 g/mol. The number of rotatable bonds is 4. The maximum atomic E-state index is 11.4. The van der Waals surface area contributed by atoms with Crippen molar-refractivity contribution >= 4 is 0 Å². The summed E-state index contributed by atoms with van der Waals surface area (Å²) in [6, 6.07) is 0. The standard InChI is InChI=1S/C10H18N2O/c1-4-5-6-12-9(8(2)3)7-11-10(12)13/h7-8H,4-6H2,1-3H3,(H,11,13). The first-order chi connectivity index (χ1) is 6.16. The van der Waals surface area contributed by atoms with Crippen molar-refractivity contribution in [1.82, 2.24) is 9.55 Å². The van der Waals surface area contributed by atoms with Crippen LogP contribution in [0.4, 0.5) is 0 Å². The van der Waals surface area contributed by atoms with Gasteiger partial charge in [-0.1, -0.05) is 27.2 Å². The van der Waals surface area contributed by atoms with Crippen LogP contribution < -0.4 is 5.69 Å². The van der Waals surface area contributed by atoms with E-state index >= 15 is 0 Å². The zero-order valence-electron chi connectivity index (χ0n) is 8.63. The van der Waals surface area contributed by atoms with Crippen LogP contribution in [0.2, 0.25) is 0 Å². The normalized spacial score (nSPS) is 11.1. The molecule has 0 atom stereocenters. The summed E-state index contributed by atoms with van der Waals surface area (Å²) < 4.78 is 1.84.